The van der Waals surface area contributed by atoms with Gasteiger partial charge in [0, 0.05) is 13.6 Å². The summed E-state index contributed by atoms with van der Waals surface area (Å²) in [7, 11) is -2.63. The summed E-state index contributed by atoms with van der Waals surface area (Å²) >= 11 is 0. The van der Waals surface area contributed by atoms with Gasteiger partial charge in [-0.25, -0.2) is 17.2 Å². The Bertz CT molecular complexity index is 695. The second kappa shape index (κ2) is 5.90. The van der Waals surface area contributed by atoms with E-state index in [2.05, 4.69) is 5.32 Å². The molecule has 1 fully saturated rings. The maximum Gasteiger partial charge on any atom is 0.253 e. The Balaban J connectivity index is 2.33. The molecule has 2 rings (SSSR count). The van der Waals surface area contributed by atoms with E-state index in [-0.39, 0.29) is 24.6 Å². The predicted octanol–water partition coefficient (Wildman–Crippen LogP) is 0.490. The molecule has 1 heterocycles. The molecule has 0 radical (unpaired) electrons. The number of sulfonamides is 1. The Morgan fingerprint density at radius 1 is 1.36 bits per heavy atom. The van der Waals surface area contributed by atoms with E-state index in [9.17, 15) is 22.0 Å². The highest BCUT2D eigenvalue weighted by Gasteiger charge is 2.42. The van der Waals surface area contributed by atoms with E-state index in [0.29, 0.717) is 6.07 Å². The Labute approximate surface area is 127 Å². The number of halogens is 2. The number of carbonyl (C=O) groups excluding carboxylic acids is 1. The first-order valence-electron chi connectivity index (χ1n) is 6.52. The largest absolute Gasteiger partial charge is 0.363 e. The van der Waals surface area contributed by atoms with Crippen LogP contribution in [0.2, 0.25) is 0 Å². The molecule has 22 heavy (non-hydrogen) atoms. The number of rotatable bonds is 3. The van der Waals surface area contributed by atoms with Crippen LogP contribution in [-0.2, 0) is 19.6 Å². The highest BCUT2D eigenvalue weighted by Crippen LogP contribution is 2.25. The van der Waals surface area contributed by atoms with Crippen molar-refractivity contribution in [3.63, 3.8) is 0 Å². The average molecular weight is 334 g/mol. The third kappa shape index (κ3) is 2.96. The van der Waals surface area contributed by atoms with Crippen LogP contribution < -0.4 is 5.32 Å². The van der Waals surface area contributed by atoms with Crippen LogP contribution in [0.3, 0.4) is 0 Å². The summed E-state index contributed by atoms with van der Waals surface area (Å²) in [6, 6.07) is 2.36. The van der Waals surface area contributed by atoms with Gasteiger partial charge in [0.15, 0.2) is 17.2 Å². The summed E-state index contributed by atoms with van der Waals surface area (Å²) in [5.74, 6) is -2.84. The Kier molecular flexibility index (Phi) is 4.50. The minimum atomic E-state index is -4.05. The number of carbonyl (C=O) groups is 1. The van der Waals surface area contributed by atoms with Crippen LogP contribution in [-0.4, -0.2) is 51.0 Å². The summed E-state index contributed by atoms with van der Waals surface area (Å²) in [6.07, 6.45) is 0. The fourth-order valence-corrected chi connectivity index (χ4v) is 3.75. The number of morpholine rings is 1. The van der Waals surface area contributed by atoms with Crippen molar-refractivity contribution in [2.24, 2.45) is 0 Å². The molecule has 0 bridgehead atoms. The molecule has 1 unspecified atom stereocenters. The maximum atomic E-state index is 13.3. The van der Waals surface area contributed by atoms with Crippen LogP contribution in [0.25, 0.3) is 0 Å². The number of benzene rings is 1. The van der Waals surface area contributed by atoms with E-state index in [0.717, 1.165) is 16.4 Å². The zero-order valence-corrected chi connectivity index (χ0v) is 12.9. The summed E-state index contributed by atoms with van der Waals surface area (Å²) in [5.41, 5.74) is -1.33. The lowest BCUT2D eigenvalue weighted by Crippen LogP contribution is -2.58. The van der Waals surface area contributed by atoms with E-state index < -0.39 is 33.2 Å². The van der Waals surface area contributed by atoms with Gasteiger partial charge in [-0.15, -0.1) is 0 Å². The molecule has 1 aliphatic rings. The zero-order valence-electron chi connectivity index (χ0n) is 12.1. The van der Waals surface area contributed by atoms with Crippen molar-refractivity contribution >= 4 is 15.9 Å². The average Bonchev–Trinajstić information content (AvgIpc) is 2.49. The predicted molar refractivity (Wildman–Crippen MR) is 73.5 cm³/mol. The second-order valence-corrected chi connectivity index (χ2v) is 7.01. The van der Waals surface area contributed by atoms with Gasteiger partial charge in [0.2, 0.25) is 10.0 Å². The highest BCUT2D eigenvalue weighted by atomic mass is 32.2. The van der Waals surface area contributed by atoms with Gasteiger partial charge in [-0.3, -0.25) is 4.79 Å². The normalized spacial score (nSPS) is 23.3. The van der Waals surface area contributed by atoms with E-state index >= 15 is 0 Å². The summed E-state index contributed by atoms with van der Waals surface area (Å²) in [6.45, 7) is 1.30. The molecule has 1 saturated heterocycles. The molecule has 1 atom stereocenters. The summed E-state index contributed by atoms with van der Waals surface area (Å²) in [5, 5.41) is 2.41. The molecule has 1 aromatic rings. The molecule has 122 valence electrons. The minimum Gasteiger partial charge on any atom is -0.363 e. The number of amides is 1. The lowest BCUT2D eigenvalue weighted by molar-refractivity contribution is -0.151. The zero-order chi connectivity index (χ0) is 16.5. The number of ether oxygens (including phenoxy) is 1. The van der Waals surface area contributed by atoms with Crippen molar-refractivity contribution in [1.82, 2.24) is 9.62 Å². The van der Waals surface area contributed by atoms with Crippen molar-refractivity contribution < 1.29 is 26.7 Å². The number of hydrogen-bond acceptors (Lipinski definition) is 4. The molecule has 1 amide bonds. The van der Waals surface area contributed by atoms with Crippen molar-refractivity contribution in [2.75, 3.05) is 26.7 Å². The van der Waals surface area contributed by atoms with E-state index in [1.165, 1.54) is 14.0 Å². The van der Waals surface area contributed by atoms with Crippen LogP contribution in [0.15, 0.2) is 23.1 Å². The first kappa shape index (κ1) is 16.8. The van der Waals surface area contributed by atoms with E-state index in [4.69, 9.17) is 4.74 Å². The number of nitrogens with one attached hydrogen (secondary N) is 1. The molecule has 1 aliphatic heterocycles. The van der Waals surface area contributed by atoms with Crippen molar-refractivity contribution in [3.8, 4) is 0 Å². The summed E-state index contributed by atoms with van der Waals surface area (Å²) in [4.78, 5) is 11.5. The molecular formula is C13H16F2N2O4S. The molecule has 0 aromatic heterocycles. The fourth-order valence-electron chi connectivity index (χ4n) is 2.23. The molecular weight excluding hydrogens is 318 g/mol. The van der Waals surface area contributed by atoms with Gasteiger partial charge in [0.05, 0.1) is 18.0 Å². The number of nitrogens with zero attached hydrogens (tertiary/aromatic N) is 1. The molecule has 9 heteroatoms. The molecule has 0 aliphatic carbocycles. The van der Waals surface area contributed by atoms with Crippen LogP contribution >= 0.6 is 0 Å². The smallest absolute Gasteiger partial charge is 0.253 e. The van der Waals surface area contributed by atoms with Gasteiger partial charge in [-0.1, -0.05) is 0 Å². The molecule has 6 nitrogen and oxygen atoms in total. The van der Waals surface area contributed by atoms with Gasteiger partial charge in [0.25, 0.3) is 5.91 Å². The fraction of sp³-hybridized carbons (Fsp3) is 0.462. The Morgan fingerprint density at radius 3 is 2.64 bits per heavy atom. The van der Waals surface area contributed by atoms with Crippen LogP contribution in [0.5, 0.6) is 0 Å². The lowest BCUT2D eigenvalue weighted by atomic mass is 10.0. The molecule has 0 spiro atoms. The van der Waals surface area contributed by atoms with E-state index in [1.807, 2.05) is 0 Å². The van der Waals surface area contributed by atoms with Gasteiger partial charge in [-0.2, -0.15) is 4.31 Å². The molecule has 1 aromatic carbocycles. The first-order valence-corrected chi connectivity index (χ1v) is 7.96. The SMILES string of the molecule is CNC(=O)C1(C)CN(S(=O)(=O)c2ccc(F)c(F)c2)CCO1. The number of hydrogen-bond donors (Lipinski definition) is 1. The Hall–Kier alpha value is -1.58. The maximum absolute atomic E-state index is 13.3. The Morgan fingerprint density at radius 2 is 2.05 bits per heavy atom. The monoisotopic (exact) mass is 334 g/mol. The van der Waals surface area contributed by atoms with Crippen molar-refractivity contribution in [2.45, 2.75) is 17.4 Å². The quantitative estimate of drug-likeness (QED) is 0.873. The van der Waals surface area contributed by atoms with Gasteiger partial charge < -0.3 is 10.1 Å². The third-order valence-corrected chi connectivity index (χ3v) is 5.32. The topological polar surface area (TPSA) is 75.7 Å². The third-order valence-electron chi connectivity index (χ3n) is 3.48. The second-order valence-electron chi connectivity index (χ2n) is 5.07. The summed E-state index contributed by atoms with van der Waals surface area (Å²) < 4.78 is 57.6. The number of likely N-dealkylation sites (N-methyl/N-ethyl adjacent to an activating group) is 1. The van der Waals surface area contributed by atoms with Gasteiger partial charge >= 0.3 is 0 Å². The molecule has 0 saturated carbocycles. The van der Waals surface area contributed by atoms with Gasteiger partial charge in [-0.05, 0) is 25.1 Å². The first-order chi connectivity index (χ1) is 10.2. The standard InChI is InChI=1S/C13H16F2N2O4S/c1-13(12(18)16-2)8-17(5-6-21-13)22(19,20)9-3-4-10(14)11(15)7-9/h3-4,7H,5-6,8H2,1-2H3,(H,16,18). The minimum absolute atomic E-state index is 0.0207. The van der Waals surface area contributed by atoms with Crippen molar-refractivity contribution in [3.05, 3.63) is 29.8 Å². The van der Waals surface area contributed by atoms with Crippen LogP contribution in [0.1, 0.15) is 6.92 Å². The lowest BCUT2D eigenvalue weighted by Gasteiger charge is -2.38. The molecule has 1 N–H and O–H groups in total. The van der Waals surface area contributed by atoms with Crippen LogP contribution in [0.4, 0.5) is 8.78 Å². The highest BCUT2D eigenvalue weighted by molar-refractivity contribution is 7.89. The van der Waals surface area contributed by atoms with Crippen molar-refractivity contribution in [1.29, 1.82) is 0 Å². The van der Waals surface area contributed by atoms with Crippen LogP contribution in [0, 0.1) is 11.6 Å². The van der Waals surface area contributed by atoms with Gasteiger partial charge in [0.1, 0.15) is 0 Å². The van der Waals surface area contributed by atoms with E-state index in [1.54, 1.807) is 0 Å².